The first-order valence-electron chi connectivity index (χ1n) is 6.00. The van der Waals surface area contributed by atoms with Crippen LogP contribution in [-0.2, 0) is 4.79 Å². The minimum absolute atomic E-state index is 0.234. The molecule has 0 bridgehead atoms. The molecule has 1 aliphatic heterocycles. The fraction of sp³-hybridized carbons (Fsp3) is 0.462. The highest BCUT2D eigenvalue weighted by molar-refractivity contribution is 5.70. The van der Waals surface area contributed by atoms with Crippen molar-refractivity contribution >= 4 is 5.97 Å². The third-order valence-corrected chi connectivity index (χ3v) is 3.14. The van der Waals surface area contributed by atoms with Crippen LogP contribution >= 0.6 is 0 Å². The smallest absolute Gasteiger partial charge is 0.307 e. The molecule has 1 fully saturated rings. The third-order valence-electron chi connectivity index (χ3n) is 3.14. The first kappa shape index (κ1) is 12.8. The Labute approximate surface area is 105 Å². The summed E-state index contributed by atoms with van der Waals surface area (Å²) in [6, 6.07) is 4.47. The van der Waals surface area contributed by atoms with Gasteiger partial charge < -0.3 is 15.2 Å². The van der Waals surface area contributed by atoms with Crippen molar-refractivity contribution in [2.24, 2.45) is 5.92 Å². The highest BCUT2D eigenvalue weighted by Gasteiger charge is 2.31. The van der Waals surface area contributed by atoms with E-state index in [0.29, 0.717) is 30.9 Å². The molecule has 1 aliphatic rings. The highest BCUT2D eigenvalue weighted by atomic mass is 19.1. The molecule has 2 rings (SSSR count). The maximum absolute atomic E-state index is 13.9. The summed E-state index contributed by atoms with van der Waals surface area (Å²) in [5.74, 6) is -1.15. The first-order chi connectivity index (χ1) is 8.61. The molecule has 0 radical (unpaired) electrons. The molecule has 1 aromatic rings. The minimum atomic E-state index is -0.837. The van der Waals surface area contributed by atoms with Gasteiger partial charge in [-0.25, -0.2) is 4.39 Å². The van der Waals surface area contributed by atoms with Gasteiger partial charge in [-0.1, -0.05) is 6.07 Å². The number of nitrogens with one attached hydrogen (secondary N) is 1. The van der Waals surface area contributed by atoms with Crippen molar-refractivity contribution in [3.05, 3.63) is 29.6 Å². The van der Waals surface area contributed by atoms with Crippen molar-refractivity contribution in [3.8, 4) is 5.75 Å². The van der Waals surface area contributed by atoms with E-state index in [-0.39, 0.29) is 11.9 Å². The zero-order chi connectivity index (χ0) is 13.1. The van der Waals surface area contributed by atoms with E-state index < -0.39 is 11.9 Å². The number of aliphatic carboxylic acids is 1. The average molecular weight is 253 g/mol. The summed E-state index contributed by atoms with van der Waals surface area (Å²) < 4.78 is 19.1. The molecule has 4 nitrogen and oxygen atoms in total. The Balaban J connectivity index is 2.12. The molecule has 1 saturated heterocycles. The van der Waals surface area contributed by atoms with Crippen LogP contribution in [0.4, 0.5) is 4.39 Å². The van der Waals surface area contributed by atoms with E-state index >= 15 is 0 Å². The van der Waals surface area contributed by atoms with Gasteiger partial charge in [-0.05, 0) is 19.4 Å². The van der Waals surface area contributed by atoms with Gasteiger partial charge in [-0.2, -0.15) is 0 Å². The molecule has 1 heterocycles. The fourth-order valence-corrected chi connectivity index (χ4v) is 2.21. The van der Waals surface area contributed by atoms with E-state index in [1.165, 1.54) is 6.07 Å². The van der Waals surface area contributed by atoms with Crippen LogP contribution in [-0.4, -0.2) is 24.2 Å². The number of hydrogen-bond donors (Lipinski definition) is 2. The van der Waals surface area contributed by atoms with Crippen molar-refractivity contribution < 1.29 is 19.0 Å². The predicted molar refractivity (Wildman–Crippen MR) is 64.1 cm³/mol. The van der Waals surface area contributed by atoms with Gasteiger partial charge in [0.05, 0.1) is 12.5 Å². The molecule has 1 aromatic carbocycles. The van der Waals surface area contributed by atoms with Crippen LogP contribution in [0.15, 0.2) is 18.2 Å². The van der Waals surface area contributed by atoms with Crippen LogP contribution in [0.2, 0.25) is 0 Å². The molecule has 2 atom stereocenters. The molecule has 2 N–H and O–H groups in total. The lowest BCUT2D eigenvalue weighted by atomic mass is 9.99. The van der Waals surface area contributed by atoms with Crippen molar-refractivity contribution in [3.63, 3.8) is 0 Å². The van der Waals surface area contributed by atoms with Crippen LogP contribution < -0.4 is 10.1 Å². The van der Waals surface area contributed by atoms with Gasteiger partial charge in [0.2, 0.25) is 0 Å². The van der Waals surface area contributed by atoms with Gasteiger partial charge in [0.15, 0.2) is 0 Å². The van der Waals surface area contributed by atoms with Crippen LogP contribution in [0.25, 0.3) is 0 Å². The Morgan fingerprint density at radius 3 is 2.94 bits per heavy atom. The monoisotopic (exact) mass is 253 g/mol. The SMILES string of the molecule is CCOc1ccc(C2CC(C(=O)O)CN2)c(F)c1. The van der Waals surface area contributed by atoms with Gasteiger partial charge in [-0.3, -0.25) is 4.79 Å². The summed E-state index contributed by atoms with van der Waals surface area (Å²) in [5, 5.41) is 11.9. The number of carboxylic acids is 1. The summed E-state index contributed by atoms with van der Waals surface area (Å²) in [6.07, 6.45) is 0.417. The second-order valence-corrected chi connectivity index (χ2v) is 4.35. The predicted octanol–water partition coefficient (Wildman–Crippen LogP) is 1.96. The van der Waals surface area contributed by atoms with Crippen molar-refractivity contribution in [1.29, 1.82) is 0 Å². The number of benzene rings is 1. The van der Waals surface area contributed by atoms with Gasteiger partial charge in [-0.15, -0.1) is 0 Å². The molecule has 0 amide bonds. The number of halogens is 1. The second kappa shape index (κ2) is 5.35. The second-order valence-electron chi connectivity index (χ2n) is 4.35. The molecular formula is C13H16FNO3. The van der Waals surface area contributed by atoms with E-state index in [2.05, 4.69) is 5.32 Å². The number of carbonyl (C=O) groups is 1. The summed E-state index contributed by atoms with van der Waals surface area (Å²) in [6.45, 7) is 2.70. The lowest BCUT2D eigenvalue weighted by Crippen LogP contribution is -2.17. The lowest BCUT2D eigenvalue weighted by molar-refractivity contribution is -0.141. The van der Waals surface area contributed by atoms with Crippen LogP contribution in [0, 0.1) is 11.7 Å². The Bertz CT molecular complexity index is 450. The fourth-order valence-electron chi connectivity index (χ4n) is 2.21. The van der Waals surface area contributed by atoms with E-state index in [4.69, 9.17) is 9.84 Å². The lowest BCUT2D eigenvalue weighted by Gasteiger charge is -2.13. The standard InChI is InChI=1S/C13H16FNO3/c1-2-18-9-3-4-10(11(14)6-9)12-5-8(7-15-12)13(16)17/h3-4,6,8,12,15H,2,5,7H2,1H3,(H,16,17). The Morgan fingerprint density at radius 1 is 1.61 bits per heavy atom. The van der Waals surface area contributed by atoms with Crippen molar-refractivity contribution in [1.82, 2.24) is 5.32 Å². The quantitative estimate of drug-likeness (QED) is 0.861. The Morgan fingerprint density at radius 2 is 2.39 bits per heavy atom. The van der Waals surface area contributed by atoms with Crippen molar-refractivity contribution in [2.45, 2.75) is 19.4 Å². The molecule has 0 aliphatic carbocycles. The number of rotatable bonds is 4. The van der Waals surface area contributed by atoms with Gasteiger partial charge in [0, 0.05) is 24.2 Å². The number of ether oxygens (including phenoxy) is 1. The molecule has 0 aromatic heterocycles. The number of carboxylic acid groups (broad SMARTS) is 1. The van der Waals surface area contributed by atoms with Gasteiger partial charge in [0.25, 0.3) is 0 Å². The van der Waals surface area contributed by atoms with Gasteiger partial charge in [0.1, 0.15) is 11.6 Å². The summed E-state index contributed by atoms with van der Waals surface area (Å²) >= 11 is 0. The van der Waals surface area contributed by atoms with Crippen LogP contribution in [0.1, 0.15) is 24.9 Å². The average Bonchev–Trinajstić information content (AvgIpc) is 2.79. The molecule has 98 valence electrons. The van der Waals surface area contributed by atoms with E-state index in [1.807, 2.05) is 6.92 Å². The van der Waals surface area contributed by atoms with E-state index in [1.54, 1.807) is 12.1 Å². The zero-order valence-electron chi connectivity index (χ0n) is 10.1. The summed E-state index contributed by atoms with van der Waals surface area (Å²) in [5.41, 5.74) is 0.502. The Kier molecular flexibility index (Phi) is 3.81. The molecular weight excluding hydrogens is 237 g/mol. The molecule has 5 heteroatoms. The van der Waals surface area contributed by atoms with Gasteiger partial charge >= 0.3 is 5.97 Å². The van der Waals surface area contributed by atoms with Crippen molar-refractivity contribution in [2.75, 3.05) is 13.2 Å². The summed E-state index contributed by atoms with van der Waals surface area (Å²) in [7, 11) is 0. The first-order valence-corrected chi connectivity index (χ1v) is 6.00. The molecule has 0 saturated carbocycles. The Hall–Kier alpha value is -1.62. The number of hydrogen-bond acceptors (Lipinski definition) is 3. The highest BCUT2D eigenvalue weighted by Crippen LogP contribution is 2.30. The summed E-state index contributed by atoms with van der Waals surface area (Å²) in [4.78, 5) is 10.8. The largest absolute Gasteiger partial charge is 0.494 e. The molecule has 2 unspecified atom stereocenters. The molecule has 18 heavy (non-hydrogen) atoms. The minimum Gasteiger partial charge on any atom is -0.494 e. The van der Waals surface area contributed by atoms with Crippen LogP contribution in [0.5, 0.6) is 5.75 Å². The normalized spacial score (nSPS) is 23.0. The van der Waals surface area contributed by atoms with E-state index in [0.717, 1.165) is 0 Å². The van der Waals surface area contributed by atoms with Crippen LogP contribution in [0.3, 0.4) is 0 Å². The van der Waals surface area contributed by atoms with E-state index in [9.17, 15) is 9.18 Å². The zero-order valence-corrected chi connectivity index (χ0v) is 10.1. The maximum atomic E-state index is 13.9. The topological polar surface area (TPSA) is 58.6 Å². The third kappa shape index (κ3) is 2.61. The maximum Gasteiger partial charge on any atom is 0.307 e. The molecule has 0 spiro atoms.